The molecule has 0 saturated carbocycles. The van der Waals surface area contributed by atoms with Gasteiger partial charge in [-0.15, -0.1) is 0 Å². The lowest BCUT2D eigenvalue weighted by Crippen LogP contribution is -2.52. The first-order valence-electron chi connectivity index (χ1n) is 10.7. The Morgan fingerprint density at radius 1 is 1.00 bits per heavy atom. The Hall–Kier alpha value is -2.00. The van der Waals surface area contributed by atoms with Crippen LogP contribution in [0.25, 0.3) is 0 Å². The molecular formula is C23H28Cl3N3O4S. The molecule has 11 heteroatoms. The molecule has 0 bridgehead atoms. The number of hydrogen-bond donors (Lipinski definition) is 1. The van der Waals surface area contributed by atoms with E-state index in [9.17, 15) is 18.0 Å². The Balaban J connectivity index is 2.43. The van der Waals surface area contributed by atoms with Crippen LogP contribution < -0.4 is 9.62 Å². The minimum absolute atomic E-state index is 0.0476. The fraction of sp³-hybridized carbons (Fsp3) is 0.391. The van der Waals surface area contributed by atoms with Crippen molar-refractivity contribution >= 4 is 62.3 Å². The van der Waals surface area contributed by atoms with Crippen molar-refractivity contribution in [1.29, 1.82) is 0 Å². The van der Waals surface area contributed by atoms with E-state index in [1.165, 1.54) is 17.0 Å². The van der Waals surface area contributed by atoms with E-state index in [0.29, 0.717) is 39.3 Å². The Morgan fingerprint density at radius 2 is 1.65 bits per heavy atom. The summed E-state index contributed by atoms with van der Waals surface area (Å²) < 4.78 is 26.1. The maximum Gasteiger partial charge on any atom is 0.244 e. The van der Waals surface area contributed by atoms with Gasteiger partial charge in [0.2, 0.25) is 21.8 Å². The number of carbonyl (C=O) groups is 2. The molecule has 0 aromatic heterocycles. The minimum Gasteiger partial charge on any atom is -0.354 e. The van der Waals surface area contributed by atoms with Gasteiger partial charge in [-0.2, -0.15) is 0 Å². The average molecular weight is 549 g/mol. The number of carbonyl (C=O) groups excluding carboxylic acids is 2. The predicted octanol–water partition coefficient (Wildman–Crippen LogP) is 4.75. The van der Waals surface area contributed by atoms with Crippen LogP contribution >= 0.6 is 34.8 Å². The zero-order valence-electron chi connectivity index (χ0n) is 19.2. The standard InChI is InChI=1S/C23H28Cl3N3O4S/c1-4-12-27-23(31)21(5-2)28(14-16-6-11-19(25)20(26)13-16)22(30)15-29(34(3,32)33)18-9-7-17(24)8-10-18/h6-11,13,21H,4-5,12,14-15H2,1-3H3,(H,27,31)/t21-/m0/s1. The Bertz CT molecular complexity index is 1110. The van der Waals surface area contributed by atoms with Crippen molar-refractivity contribution in [3.63, 3.8) is 0 Å². The lowest BCUT2D eigenvalue weighted by Gasteiger charge is -2.33. The molecule has 2 aromatic carbocycles. The van der Waals surface area contributed by atoms with Gasteiger partial charge in [0.05, 0.1) is 22.0 Å². The van der Waals surface area contributed by atoms with E-state index < -0.39 is 28.5 Å². The highest BCUT2D eigenvalue weighted by molar-refractivity contribution is 7.92. The Morgan fingerprint density at radius 3 is 2.18 bits per heavy atom. The summed E-state index contributed by atoms with van der Waals surface area (Å²) >= 11 is 18.1. The number of rotatable bonds is 11. The van der Waals surface area contributed by atoms with E-state index >= 15 is 0 Å². The van der Waals surface area contributed by atoms with Crippen LogP contribution in [0, 0.1) is 0 Å². The molecule has 1 atom stereocenters. The Labute approximate surface area is 216 Å². The highest BCUT2D eigenvalue weighted by Gasteiger charge is 2.31. The van der Waals surface area contributed by atoms with Gasteiger partial charge in [-0.1, -0.05) is 54.7 Å². The zero-order chi connectivity index (χ0) is 25.5. The molecule has 0 radical (unpaired) electrons. The van der Waals surface area contributed by atoms with Gasteiger partial charge in [0.15, 0.2) is 0 Å². The number of benzene rings is 2. The first kappa shape index (κ1) is 28.2. The minimum atomic E-state index is -3.81. The number of halogens is 3. The molecule has 0 aliphatic heterocycles. The van der Waals surface area contributed by atoms with Crippen LogP contribution in [-0.2, 0) is 26.2 Å². The predicted molar refractivity (Wildman–Crippen MR) is 138 cm³/mol. The molecule has 34 heavy (non-hydrogen) atoms. The SMILES string of the molecule is CCCNC(=O)[C@H](CC)N(Cc1ccc(Cl)c(Cl)c1)C(=O)CN(c1ccc(Cl)cc1)S(C)(=O)=O. The topological polar surface area (TPSA) is 86.8 Å². The van der Waals surface area contributed by atoms with Crippen molar-refractivity contribution in [2.24, 2.45) is 0 Å². The second-order valence-electron chi connectivity index (χ2n) is 7.73. The second-order valence-corrected chi connectivity index (χ2v) is 10.9. The first-order chi connectivity index (χ1) is 16.0. The third kappa shape index (κ3) is 7.77. The van der Waals surface area contributed by atoms with E-state index in [1.54, 1.807) is 37.3 Å². The number of anilines is 1. The van der Waals surface area contributed by atoms with Gasteiger partial charge < -0.3 is 10.2 Å². The normalized spacial score (nSPS) is 12.2. The fourth-order valence-electron chi connectivity index (χ4n) is 3.34. The fourth-order valence-corrected chi connectivity index (χ4v) is 4.64. The zero-order valence-corrected chi connectivity index (χ0v) is 22.3. The van der Waals surface area contributed by atoms with Crippen molar-refractivity contribution in [1.82, 2.24) is 10.2 Å². The van der Waals surface area contributed by atoms with Gasteiger partial charge in [0.1, 0.15) is 12.6 Å². The molecule has 2 aromatic rings. The molecule has 0 fully saturated rings. The summed E-state index contributed by atoms with van der Waals surface area (Å²) in [7, 11) is -3.81. The molecule has 2 amide bonds. The van der Waals surface area contributed by atoms with Crippen LogP contribution in [0.3, 0.4) is 0 Å². The largest absolute Gasteiger partial charge is 0.354 e. The molecule has 0 heterocycles. The maximum atomic E-state index is 13.5. The average Bonchev–Trinajstić information content (AvgIpc) is 2.78. The monoisotopic (exact) mass is 547 g/mol. The van der Waals surface area contributed by atoms with Gasteiger partial charge in [-0.3, -0.25) is 13.9 Å². The summed E-state index contributed by atoms with van der Waals surface area (Å²) in [4.78, 5) is 27.8. The molecule has 0 unspecified atom stereocenters. The maximum absolute atomic E-state index is 13.5. The summed E-state index contributed by atoms with van der Waals surface area (Å²) in [6, 6.07) is 10.3. The molecule has 0 aliphatic carbocycles. The van der Waals surface area contributed by atoms with Crippen LogP contribution in [0.5, 0.6) is 0 Å². The highest BCUT2D eigenvalue weighted by atomic mass is 35.5. The van der Waals surface area contributed by atoms with Gasteiger partial charge in [-0.25, -0.2) is 8.42 Å². The smallest absolute Gasteiger partial charge is 0.244 e. The van der Waals surface area contributed by atoms with Crippen LogP contribution in [-0.4, -0.2) is 50.5 Å². The van der Waals surface area contributed by atoms with E-state index in [-0.39, 0.29) is 12.5 Å². The first-order valence-corrected chi connectivity index (χ1v) is 13.7. The van der Waals surface area contributed by atoms with Gasteiger partial charge in [0.25, 0.3) is 0 Å². The van der Waals surface area contributed by atoms with E-state index in [0.717, 1.165) is 17.0 Å². The summed E-state index contributed by atoms with van der Waals surface area (Å²) in [5, 5.41) is 3.93. The third-order valence-electron chi connectivity index (χ3n) is 5.07. The van der Waals surface area contributed by atoms with E-state index in [2.05, 4.69) is 5.32 Å². The molecule has 0 aliphatic rings. The number of sulfonamides is 1. The van der Waals surface area contributed by atoms with Crippen LogP contribution in [0.2, 0.25) is 15.1 Å². The lowest BCUT2D eigenvalue weighted by molar-refractivity contribution is -0.140. The molecule has 186 valence electrons. The van der Waals surface area contributed by atoms with Crippen LogP contribution in [0.15, 0.2) is 42.5 Å². The van der Waals surface area contributed by atoms with Crippen molar-refractivity contribution in [3.05, 3.63) is 63.1 Å². The summed E-state index contributed by atoms with van der Waals surface area (Å²) in [6.07, 6.45) is 2.09. The second kappa shape index (κ2) is 12.6. The van der Waals surface area contributed by atoms with Gasteiger partial charge >= 0.3 is 0 Å². The quantitative estimate of drug-likeness (QED) is 0.439. The van der Waals surface area contributed by atoms with Crippen molar-refractivity contribution in [3.8, 4) is 0 Å². The van der Waals surface area contributed by atoms with Gasteiger partial charge in [-0.05, 0) is 54.8 Å². The molecule has 1 N–H and O–H groups in total. The molecule has 7 nitrogen and oxygen atoms in total. The van der Waals surface area contributed by atoms with Crippen molar-refractivity contribution < 1.29 is 18.0 Å². The van der Waals surface area contributed by atoms with Gasteiger partial charge in [0, 0.05) is 18.1 Å². The Kier molecular flexibility index (Phi) is 10.5. The lowest BCUT2D eigenvalue weighted by atomic mass is 10.1. The highest BCUT2D eigenvalue weighted by Crippen LogP contribution is 2.25. The van der Waals surface area contributed by atoms with E-state index in [4.69, 9.17) is 34.8 Å². The number of nitrogens with one attached hydrogen (secondary N) is 1. The molecule has 2 rings (SSSR count). The number of amides is 2. The summed E-state index contributed by atoms with van der Waals surface area (Å²) in [5.74, 6) is -0.847. The molecular weight excluding hydrogens is 521 g/mol. The van der Waals surface area contributed by atoms with Crippen molar-refractivity contribution in [2.45, 2.75) is 39.3 Å². The molecule has 0 saturated heterocycles. The molecule has 0 spiro atoms. The van der Waals surface area contributed by atoms with Crippen LogP contribution in [0.4, 0.5) is 5.69 Å². The van der Waals surface area contributed by atoms with Crippen molar-refractivity contribution in [2.75, 3.05) is 23.7 Å². The number of nitrogens with zero attached hydrogens (tertiary/aromatic N) is 2. The summed E-state index contributed by atoms with van der Waals surface area (Å²) in [5.41, 5.74) is 0.945. The van der Waals surface area contributed by atoms with E-state index in [1.807, 2.05) is 6.92 Å². The third-order valence-corrected chi connectivity index (χ3v) is 7.20. The summed E-state index contributed by atoms with van der Waals surface area (Å²) in [6.45, 7) is 3.74. The number of hydrogen-bond acceptors (Lipinski definition) is 4. The van der Waals surface area contributed by atoms with Crippen LogP contribution in [0.1, 0.15) is 32.3 Å².